The number of carbonyl (C=O) groups excluding carboxylic acids is 1. The zero-order chi connectivity index (χ0) is 16.2. The molecule has 0 bridgehead atoms. The number of carbonyl (C=O) groups is 1. The Morgan fingerprint density at radius 1 is 1.28 bits per heavy atom. The Kier molecular flexibility index (Phi) is 9.67. The Labute approximate surface area is 167 Å². The molecule has 5 nitrogen and oxygen atoms in total. The van der Waals surface area contributed by atoms with Crippen LogP contribution in [0.3, 0.4) is 0 Å². The van der Waals surface area contributed by atoms with Crippen LogP contribution in [0, 0.1) is 11.8 Å². The predicted molar refractivity (Wildman–Crippen MR) is 108 cm³/mol. The first-order chi connectivity index (χ1) is 11.2. The van der Waals surface area contributed by atoms with Gasteiger partial charge in [0.2, 0.25) is 5.91 Å². The van der Waals surface area contributed by atoms with Gasteiger partial charge in [0.05, 0.1) is 10.7 Å². The smallest absolute Gasteiger partial charge is 0.226 e. The topological polar surface area (TPSA) is 62.5 Å². The second kappa shape index (κ2) is 10.7. The van der Waals surface area contributed by atoms with Crippen molar-refractivity contribution in [2.24, 2.45) is 17.6 Å². The van der Waals surface area contributed by atoms with E-state index in [2.05, 4.69) is 27.1 Å². The van der Waals surface area contributed by atoms with Crippen LogP contribution in [-0.4, -0.2) is 53.4 Å². The van der Waals surface area contributed by atoms with E-state index >= 15 is 0 Å². The van der Waals surface area contributed by atoms with E-state index in [-0.39, 0.29) is 30.7 Å². The molecule has 2 atom stereocenters. The Hall–Kier alpha value is -0.400. The Balaban J connectivity index is 0.00000156. The van der Waals surface area contributed by atoms with Crippen molar-refractivity contribution in [2.75, 3.05) is 32.7 Å². The van der Waals surface area contributed by atoms with Crippen molar-refractivity contribution in [2.45, 2.75) is 39.2 Å². The number of amides is 1. The molecule has 0 unspecified atom stereocenters. The van der Waals surface area contributed by atoms with E-state index in [1.165, 1.54) is 10.7 Å². The third kappa shape index (κ3) is 5.54. The van der Waals surface area contributed by atoms with E-state index in [1.807, 2.05) is 0 Å². The molecular formula is C17H30Cl2N4OS. The van der Waals surface area contributed by atoms with Gasteiger partial charge in [-0.1, -0.05) is 13.3 Å². The molecule has 1 saturated heterocycles. The third-order valence-corrected chi connectivity index (χ3v) is 6.29. The van der Waals surface area contributed by atoms with Crippen LogP contribution in [0.25, 0.3) is 0 Å². The van der Waals surface area contributed by atoms with Crippen LogP contribution in [-0.2, 0) is 17.8 Å². The number of aryl methyl sites for hydroxylation is 1. The normalized spacial score (nSPS) is 23.8. The summed E-state index contributed by atoms with van der Waals surface area (Å²) in [6, 6.07) is 0. The minimum atomic E-state index is 0. The summed E-state index contributed by atoms with van der Waals surface area (Å²) in [7, 11) is 0. The lowest BCUT2D eigenvalue weighted by atomic mass is 9.94. The quantitative estimate of drug-likeness (QED) is 0.812. The predicted octanol–water partition coefficient (Wildman–Crippen LogP) is 2.57. The first-order valence-corrected chi connectivity index (χ1v) is 9.73. The lowest BCUT2D eigenvalue weighted by molar-refractivity contribution is -0.138. The molecule has 2 fully saturated rings. The second-order valence-corrected chi connectivity index (χ2v) is 7.66. The molecule has 1 aliphatic carbocycles. The van der Waals surface area contributed by atoms with Gasteiger partial charge < -0.3 is 10.6 Å². The summed E-state index contributed by atoms with van der Waals surface area (Å²) >= 11 is 1.75. The Morgan fingerprint density at radius 2 is 2.00 bits per heavy atom. The molecule has 1 aromatic heterocycles. The maximum Gasteiger partial charge on any atom is 0.226 e. The van der Waals surface area contributed by atoms with Gasteiger partial charge >= 0.3 is 0 Å². The molecule has 144 valence electrons. The summed E-state index contributed by atoms with van der Waals surface area (Å²) in [5.41, 5.74) is 7.00. The van der Waals surface area contributed by atoms with Gasteiger partial charge in [0, 0.05) is 44.0 Å². The van der Waals surface area contributed by atoms with Crippen LogP contribution in [0.15, 0.2) is 5.38 Å². The van der Waals surface area contributed by atoms with Gasteiger partial charge in [0.15, 0.2) is 0 Å². The van der Waals surface area contributed by atoms with Crippen LogP contribution in [0.5, 0.6) is 0 Å². The number of aromatic nitrogens is 1. The highest BCUT2D eigenvalue weighted by atomic mass is 35.5. The summed E-state index contributed by atoms with van der Waals surface area (Å²) < 4.78 is 0. The number of halogens is 2. The van der Waals surface area contributed by atoms with Gasteiger partial charge in [-0.25, -0.2) is 4.98 Å². The maximum absolute atomic E-state index is 12.7. The zero-order valence-electron chi connectivity index (χ0n) is 14.9. The fourth-order valence-electron chi connectivity index (χ4n) is 3.82. The highest BCUT2D eigenvalue weighted by Gasteiger charge is 2.35. The lowest BCUT2D eigenvalue weighted by Gasteiger charge is -2.36. The van der Waals surface area contributed by atoms with Crippen LogP contribution in [0.2, 0.25) is 0 Å². The molecule has 1 amide bonds. The summed E-state index contributed by atoms with van der Waals surface area (Å²) in [5, 5.41) is 3.38. The number of hydrogen-bond donors (Lipinski definition) is 1. The molecule has 1 aliphatic heterocycles. The molecule has 2 N–H and O–H groups in total. The van der Waals surface area contributed by atoms with Crippen molar-refractivity contribution < 1.29 is 4.79 Å². The minimum Gasteiger partial charge on any atom is -0.340 e. The molecule has 0 aromatic carbocycles. The summed E-state index contributed by atoms with van der Waals surface area (Å²) in [6.07, 6.45) is 4.31. The number of hydrogen-bond acceptors (Lipinski definition) is 5. The Morgan fingerprint density at radius 3 is 2.60 bits per heavy atom. The SMILES string of the molecule is CCc1nc(CN2CCN(C(=O)[C@@H]3CCC[C@@H]3CN)CC2)cs1.Cl.Cl. The fourth-order valence-corrected chi connectivity index (χ4v) is 4.55. The second-order valence-electron chi connectivity index (χ2n) is 6.72. The summed E-state index contributed by atoms with van der Waals surface area (Å²) in [5.74, 6) is 0.930. The van der Waals surface area contributed by atoms with Crippen molar-refractivity contribution >= 4 is 42.1 Å². The van der Waals surface area contributed by atoms with Crippen molar-refractivity contribution in [3.8, 4) is 0 Å². The van der Waals surface area contributed by atoms with Crippen molar-refractivity contribution in [3.63, 3.8) is 0 Å². The zero-order valence-corrected chi connectivity index (χ0v) is 17.3. The number of rotatable bonds is 5. The van der Waals surface area contributed by atoms with E-state index in [9.17, 15) is 4.79 Å². The van der Waals surface area contributed by atoms with Crippen molar-refractivity contribution in [1.82, 2.24) is 14.8 Å². The molecule has 25 heavy (non-hydrogen) atoms. The average molecular weight is 409 g/mol. The fraction of sp³-hybridized carbons (Fsp3) is 0.765. The average Bonchev–Trinajstić information content (AvgIpc) is 3.23. The molecule has 0 radical (unpaired) electrons. The monoisotopic (exact) mass is 408 g/mol. The molecular weight excluding hydrogens is 379 g/mol. The number of thiazole rings is 1. The van der Waals surface area contributed by atoms with Crippen LogP contribution in [0.1, 0.15) is 36.9 Å². The van der Waals surface area contributed by atoms with Crippen molar-refractivity contribution in [1.29, 1.82) is 0 Å². The minimum absolute atomic E-state index is 0. The number of nitrogens with two attached hydrogens (primary N) is 1. The van der Waals surface area contributed by atoms with Crippen molar-refractivity contribution in [3.05, 3.63) is 16.1 Å². The van der Waals surface area contributed by atoms with Gasteiger partial charge in [0.1, 0.15) is 0 Å². The molecule has 1 saturated carbocycles. The number of nitrogens with zero attached hydrogens (tertiary/aromatic N) is 3. The van der Waals surface area contributed by atoms with Crippen LogP contribution in [0.4, 0.5) is 0 Å². The van der Waals surface area contributed by atoms with Gasteiger partial charge in [-0.15, -0.1) is 36.2 Å². The van der Waals surface area contributed by atoms with Crippen LogP contribution >= 0.6 is 36.2 Å². The van der Waals surface area contributed by atoms with Crippen LogP contribution < -0.4 is 5.73 Å². The maximum atomic E-state index is 12.7. The molecule has 1 aromatic rings. The molecule has 3 rings (SSSR count). The van der Waals surface area contributed by atoms with E-state index in [0.29, 0.717) is 18.4 Å². The highest BCUT2D eigenvalue weighted by molar-refractivity contribution is 7.09. The largest absolute Gasteiger partial charge is 0.340 e. The first kappa shape index (κ1) is 22.6. The third-order valence-electron chi connectivity index (χ3n) is 5.25. The Bertz CT molecular complexity index is 534. The highest BCUT2D eigenvalue weighted by Crippen LogP contribution is 2.32. The summed E-state index contributed by atoms with van der Waals surface area (Å²) in [4.78, 5) is 21.8. The van der Waals surface area contributed by atoms with E-state index in [1.54, 1.807) is 11.3 Å². The van der Waals surface area contributed by atoms with Gasteiger partial charge in [-0.2, -0.15) is 0 Å². The van der Waals surface area contributed by atoms with Gasteiger partial charge in [-0.3, -0.25) is 9.69 Å². The first-order valence-electron chi connectivity index (χ1n) is 8.85. The van der Waals surface area contributed by atoms with Gasteiger partial charge in [-0.05, 0) is 31.7 Å². The molecule has 8 heteroatoms. The van der Waals surface area contributed by atoms with E-state index in [4.69, 9.17) is 5.73 Å². The van der Waals surface area contributed by atoms with E-state index < -0.39 is 0 Å². The standard InChI is InChI=1S/C17H28N4OS.2ClH/c1-2-16-19-14(12-23-16)11-20-6-8-21(9-7-20)17(22)15-5-3-4-13(15)10-18;;/h12-13,15H,2-11,18H2,1H3;2*1H/t13-,15-;;/m1../s1. The summed E-state index contributed by atoms with van der Waals surface area (Å²) in [6.45, 7) is 7.29. The number of piperazine rings is 1. The van der Waals surface area contributed by atoms with Gasteiger partial charge in [0.25, 0.3) is 0 Å². The van der Waals surface area contributed by atoms with E-state index in [0.717, 1.165) is 58.4 Å². The molecule has 2 heterocycles. The lowest BCUT2D eigenvalue weighted by Crippen LogP contribution is -2.50. The molecule has 0 spiro atoms. The molecule has 2 aliphatic rings.